The van der Waals surface area contributed by atoms with Crippen molar-refractivity contribution in [1.29, 1.82) is 0 Å². The molecule has 76 valence electrons. The molecule has 2 rings (SSSR count). The molecule has 0 N–H and O–H groups in total. The number of hydrogen-bond acceptors (Lipinski definition) is 1. The first-order chi connectivity index (χ1) is 6.86. The second-order valence-electron chi connectivity index (χ2n) is 3.69. The SMILES string of the molecule is C[C@@H]1OCCC[C@@H]1[Se]c1ccccc1. The molecule has 14 heavy (non-hydrogen) atoms. The van der Waals surface area contributed by atoms with Gasteiger partial charge in [0.15, 0.2) is 0 Å². The molecule has 0 spiro atoms. The Morgan fingerprint density at radius 1 is 1.29 bits per heavy atom. The van der Waals surface area contributed by atoms with E-state index in [2.05, 4.69) is 37.3 Å². The third-order valence-electron chi connectivity index (χ3n) is 2.57. The van der Waals surface area contributed by atoms with E-state index in [1.54, 1.807) is 0 Å². The van der Waals surface area contributed by atoms with Crippen LogP contribution in [0.4, 0.5) is 0 Å². The van der Waals surface area contributed by atoms with Crippen molar-refractivity contribution in [1.82, 2.24) is 0 Å². The van der Waals surface area contributed by atoms with Gasteiger partial charge in [0, 0.05) is 0 Å². The van der Waals surface area contributed by atoms with Gasteiger partial charge in [-0.3, -0.25) is 0 Å². The zero-order chi connectivity index (χ0) is 9.80. The van der Waals surface area contributed by atoms with Crippen LogP contribution >= 0.6 is 0 Å². The van der Waals surface area contributed by atoms with Crippen molar-refractivity contribution in [3.8, 4) is 0 Å². The fraction of sp³-hybridized carbons (Fsp3) is 0.500. The number of rotatable bonds is 2. The molecule has 1 nitrogen and oxygen atoms in total. The number of ether oxygens (including phenoxy) is 1. The zero-order valence-corrected chi connectivity index (χ0v) is 10.2. The van der Waals surface area contributed by atoms with Gasteiger partial charge in [-0.25, -0.2) is 0 Å². The first-order valence-electron chi connectivity index (χ1n) is 5.19. The van der Waals surface area contributed by atoms with Gasteiger partial charge >= 0.3 is 91.8 Å². The summed E-state index contributed by atoms with van der Waals surface area (Å²) in [5.41, 5.74) is 0. The van der Waals surface area contributed by atoms with E-state index in [9.17, 15) is 0 Å². The molecule has 1 saturated heterocycles. The monoisotopic (exact) mass is 256 g/mol. The Kier molecular flexibility index (Phi) is 3.63. The van der Waals surface area contributed by atoms with E-state index >= 15 is 0 Å². The first kappa shape index (κ1) is 10.2. The topological polar surface area (TPSA) is 9.23 Å². The molecule has 1 heterocycles. The van der Waals surface area contributed by atoms with Gasteiger partial charge in [-0.2, -0.15) is 0 Å². The minimum absolute atomic E-state index is 0.462. The molecule has 1 aliphatic rings. The first-order valence-corrected chi connectivity index (χ1v) is 7.04. The van der Waals surface area contributed by atoms with Gasteiger partial charge in [0.25, 0.3) is 0 Å². The summed E-state index contributed by atoms with van der Waals surface area (Å²) in [6.45, 7) is 3.18. The van der Waals surface area contributed by atoms with E-state index in [1.165, 1.54) is 17.3 Å². The molecule has 2 heteroatoms. The van der Waals surface area contributed by atoms with Crippen LogP contribution < -0.4 is 4.46 Å². The summed E-state index contributed by atoms with van der Waals surface area (Å²) in [7, 11) is 0. The van der Waals surface area contributed by atoms with E-state index < -0.39 is 0 Å². The van der Waals surface area contributed by atoms with Crippen LogP contribution in [0.1, 0.15) is 19.8 Å². The fourth-order valence-electron chi connectivity index (χ4n) is 1.72. The number of benzene rings is 1. The van der Waals surface area contributed by atoms with Crippen molar-refractivity contribution in [2.45, 2.75) is 30.7 Å². The standard InChI is InChI=1S/C12H16OSe/c1-10-12(8-5-9-13-10)14-11-6-3-2-4-7-11/h2-4,6-7,10,12H,5,8-9H2,1H3/t10-,12-/m0/s1. The second kappa shape index (κ2) is 4.97. The third kappa shape index (κ3) is 2.60. The Bertz CT molecular complexity index is 273. The molecular weight excluding hydrogens is 239 g/mol. The van der Waals surface area contributed by atoms with Crippen molar-refractivity contribution in [3.63, 3.8) is 0 Å². The molecule has 1 aromatic carbocycles. The molecule has 2 atom stereocenters. The van der Waals surface area contributed by atoms with Crippen LogP contribution in [-0.4, -0.2) is 27.7 Å². The van der Waals surface area contributed by atoms with Crippen molar-refractivity contribution in [2.24, 2.45) is 0 Å². The van der Waals surface area contributed by atoms with Gasteiger partial charge in [0.2, 0.25) is 0 Å². The molecule has 0 aromatic heterocycles. The minimum atomic E-state index is 0.462. The molecule has 0 bridgehead atoms. The molecule has 0 radical (unpaired) electrons. The summed E-state index contributed by atoms with van der Waals surface area (Å²) in [6, 6.07) is 10.8. The second-order valence-corrected chi connectivity index (χ2v) is 6.44. The quantitative estimate of drug-likeness (QED) is 0.734. The zero-order valence-electron chi connectivity index (χ0n) is 8.48. The van der Waals surface area contributed by atoms with E-state index in [0.29, 0.717) is 21.1 Å². The van der Waals surface area contributed by atoms with Gasteiger partial charge in [-0.05, 0) is 0 Å². The van der Waals surface area contributed by atoms with Gasteiger partial charge < -0.3 is 0 Å². The van der Waals surface area contributed by atoms with Crippen LogP contribution in [-0.2, 0) is 4.74 Å². The van der Waals surface area contributed by atoms with E-state index in [1.807, 2.05) is 0 Å². The van der Waals surface area contributed by atoms with Crippen molar-refractivity contribution in [2.75, 3.05) is 6.61 Å². The summed E-state index contributed by atoms with van der Waals surface area (Å²) in [5.74, 6) is 0. The Labute approximate surface area is 92.0 Å². The van der Waals surface area contributed by atoms with Gasteiger partial charge in [0.05, 0.1) is 0 Å². The van der Waals surface area contributed by atoms with Crippen LogP contribution in [0.2, 0.25) is 4.82 Å². The number of hydrogen-bond donors (Lipinski definition) is 0. The summed E-state index contributed by atoms with van der Waals surface area (Å²) < 4.78 is 7.18. The predicted molar refractivity (Wildman–Crippen MR) is 60.2 cm³/mol. The maximum atomic E-state index is 5.68. The maximum absolute atomic E-state index is 5.68. The Hall–Kier alpha value is -0.301. The molecule has 1 aromatic rings. The normalized spacial score (nSPS) is 27.5. The summed E-state index contributed by atoms with van der Waals surface area (Å²) in [5, 5.41) is 0. The Morgan fingerprint density at radius 2 is 2.07 bits per heavy atom. The van der Waals surface area contributed by atoms with E-state index in [0.717, 1.165) is 11.4 Å². The average Bonchev–Trinajstić information content (AvgIpc) is 2.23. The van der Waals surface area contributed by atoms with Crippen LogP contribution in [0, 0.1) is 0 Å². The Balaban J connectivity index is 1.96. The predicted octanol–water partition coefficient (Wildman–Crippen LogP) is 2.00. The molecule has 0 aliphatic carbocycles. The molecule has 1 fully saturated rings. The molecular formula is C12H16OSe. The molecule has 1 aliphatic heterocycles. The average molecular weight is 255 g/mol. The van der Waals surface area contributed by atoms with Crippen molar-refractivity contribution in [3.05, 3.63) is 30.3 Å². The van der Waals surface area contributed by atoms with Crippen LogP contribution in [0.3, 0.4) is 0 Å². The Morgan fingerprint density at radius 3 is 2.79 bits per heavy atom. The fourth-order valence-corrected chi connectivity index (χ4v) is 4.28. The van der Waals surface area contributed by atoms with Crippen LogP contribution in [0.15, 0.2) is 30.3 Å². The van der Waals surface area contributed by atoms with Crippen LogP contribution in [0.25, 0.3) is 0 Å². The van der Waals surface area contributed by atoms with Crippen molar-refractivity contribution >= 4 is 19.4 Å². The third-order valence-corrected chi connectivity index (χ3v) is 5.64. The van der Waals surface area contributed by atoms with Gasteiger partial charge in [0.1, 0.15) is 0 Å². The van der Waals surface area contributed by atoms with Gasteiger partial charge in [-0.1, -0.05) is 0 Å². The van der Waals surface area contributed by atoms with E-state index in [-0.39, 0.29) is 0 Å². The molecule has 0 saturated carbocycles. The van der Waals surface area contributed by atoms with Crippen LogP contribution in [0.5, 0.6) is 0 Å². The summed E-state index contributed by atoms with van der Waals surface area (Å²) >= 11 is 0.584. The van der Waals surface area contributed by atoms with Crippen molar-refractivity contribution < 1.29 is 4.74 Å². The molecule has 0 unspecified atom stereocenters. The van der Waals surface area contributed by atoms with E-state index in [4.69, 9.17) is 4.74 Å². The summed E-state index contributed by atoms with van der Waals surface area (Å²) in [4.78, 5) is 0.777. The van der Waals surface area contributed by atoms with Gasteiger partial charge in [-0.15, -0.1) is 0 Å². The summed E-state index contributed by atoms with van der Waals surface area (Å²) in [6.07, 6.45) is 3.04. The molecule has 0 amide bonds.